The molecule has 1 aromatic rings. The summed E-state index contributed by atoms with van der Waals surface area (Å²) in [5.74, 6) is -2.55. The van der Waals surface area contributed by atoms with E-state index in [2.05, 4.69) is 5.32 Å². The van der Waals surface area contributed by atoms with Gasteiger partial charge in [0.2, 0.25) is 5.78 Å². The number of para-hydroxylation sites is 1. The molecule has 0 fully saturated rings. The molecule has 0 spiro atoms. The van der Waals surface area contributed by atoms with Crippen molar-refractivity contribution in [2.75, 3.05) is 5.32 Å². The Balaban J connectivity index is 2.90. The maximum atomic E-state index is 12.5. The average molecular weight is 317 g/mol. The first-order valence-electron chi connectivity index (χ1n) is 8.39. The lowest BCUT2D eigenvalue weighted by Gasteiger charge is -2.17. The minimum atomic E-state index is -0.830. The average Bonchev–Trinajstić information content (AvgIpc) is 2.55. The molecule has 0 aliphatic carbocycles. The minimum absolute atomic E-state index is 0.151. The predicted molar refractivity (Wildman–Crippen MR) is 92.3 cm³/mol. The molecular formula is C19H27NO3. The standard InChI is InChI=1S/C19H27NO3/c1-5-7-11-15(17(21)13(3)4)18(22)19(23)20-16-12-9-8-10-14(16)6-2/h8-10,12-13,15H,5-7,11H2,1-4H3,(H,20,23)/t15-/m0/s1. The van der Waals surface area contributed by atoms with E-state index in [1.807, 2.05) is 32.0 Å². The van der Waals surface area contributed by atoms with E-state index in [0.717, 1.165) is 24.8 Å². The molecule has 1 aromatic carbocycles. The van der Waals surface area contributed by atoms with Gasteiger partial charge >= 0.3 is 0 Å². The number of aryl methyl sites for hydroxylation is 1. The first-order valence-corrected chi connectivity index (χ1v) is 8.39. The second-order valence-corrected chi connectivity index (χ2v) is 6.08. The lowest BCUT2D eigenvalue weighted by atomic mass is 9.87. The number of rotatable bonds is 9. The number of Topliss-reactive ketones (excluding diaryl/α,β-unsaturated/α-hetero) is 2. The van der Waals surface area contributed by atoms with Gasteiger partial charge in [0.05, 0.1) is 5.92 Å². The van der Waals surface area contributed by atoms with E-state index >= 15 is 0 Å². The third-order valence-corrected chi connectivity index (χ3v) is 3.95. The van der Waals surface area contributed by atoms with Gasteiger partial charge in [0.15, 0.2) is 0 Å². The molecule has 1 amide bonds. The molecular weight excluding hydrogens is 290 g/mol. The van der Waals surface area contributed by atoms with Gasteiger partial charge < -0.3 is 5.32 Å². The number of unbranched alkanes of at least 4 members (excludes halogenated alkanes) is 1. The Morgan fingerprint density at radius 2 is 1.74 bits per heavy atom. The van der Waals surface area contributed by atoms with E-state index < -0.39 is 17.6 Å². The molecule has 0 unspecified atom stereocenters. The lowest BCUT2D eigenvalue weighted by Crippen LogP contribution is -2.36. The van der Waals surface area contributed by atoms with E-state index in [9.17, 15) is 14.4 Å². The monoisotopic (exact) mass is 317 g/mol. The van der Waals surface area contributed by atoms with E-state index in [4.69, 9.17) is 0 Å². The molecule has 4 nitrogen and oxygen atoms in total. The van der Waals surface area contributed by atoms with Crippen LogP contribution in [-0.2, 0) is 20.8 Å². The molecule has 0 aliphatic rings. The van der Waals surface area contributed by atoms with Gasteiger partial charge in [0.25, 0.3) is 5.91 Å². The highest BCUT2D eigenvalue weighted by atomic mass is 16.2. The van der Waals surface area contributed by atoms with Gasteiger partial charge in [-0.3, -0.25) is 14.4 Å². The fourth-order valence-electron chi connectivity index (χ4n) is 2.51. The van der Waals surface area contributed by atoms with Gasteiger partial charge in [0.1, 0.15) is 5.78 Å². The Morgan fingerprint density at radius 3 is 2.30 bits per heavy atom. The van der Waals surface area contributed by atoms with Crippen molar-refractivity contribution in [3.63, 3.8) is 0 Å². The molecule has 0 heterocycles. The number of benzene rings is 1. The van der Waals surface area contributed by atoms with Crippen LogP contribution in [0.5, 0.6) is 0 Å². The quantitative estimate of drug-likeness (QED) is 0.557. The minimum Gasteiger partial charge on any atom is -0.319 e. The zero-order valence-corrected chi connectivity index (χ0v) is 14.5. The molecule has 126 valence electrons. The number of ketones is 2. The smallest absolute Gasteiger partial charge is 0.292 e. The van der Waals surface area contributed by atoms with Gasteiger partial charge in [-0.1, -0.05) is 58.7 Å². The number of anilines is 1. The van der Waals surface area contributed by atoms with Crippen molar-refractivity contribution >= 4 is 23.2 Å². The van der Waals surface area contributed by atoms with Crippen molar-refractivity contribution in [2.45, 2.75) is 53.4 Å². The van der Waals surface area contributed by atoms with Crippen LogP contribution in [0.1, 0.15) is 52.5 Å². The Morgan fingerprint density at radius 1 is 1.09 bits per heavy atom. The fourth-order valence-corrected chi connectivity index (χ4v) is 2.51. The molecule has 23 heavy (non-hydrogen) atoms. The molecule has 0 aliphatic heterocycles. The highest BCUT2D eigenvalue weighted by molar-refractivity contribution is 6.44. The summed E-state index contributed by atoms with van der Waals surface area (Å²) < 4.78 is 0. The molecule has 1 rings (SSSR count). The van der Waals surface area contributed by atoms with Crippen LogP contribution in [0.15, 0.2) is 24.3 Å². The number of hydrogen-bond acceptors (Lipinski definition) is 3. The topological polar surface area (TPSA) is 63.2 Å². The van der Waals surface area contributed by atoms with E-state index in [-0.39, 0.29) is 11.7 Å². The van der Waals surface area contributed by atoms with Gasteiger partial charge in [-0.15, -0.1) is 0 Å². The summed E-state index contributed by atoms with van der Waals surface area (Å²) in [5.41, 5.74) is 1.61. The Kier molecular flexibility index (Phi) is 7.66. The Bertz CT molecular complexity index is 563. The largest absolute Gasteiger partial charge is 0.319 e. The fraction of sp³-hybridized carbons (Fsp3) is 0.526. The summed E-state index contributed by atoms with van der Waals surface area (Å²) in [6.07, 6.45) is 2.84. The molecule has 0 radical (unpaired) electrons. The molecule has 4 heteroatoms. The number of amides is 1. The zero-order valence-electron chi connectivity index (χ0n) is 14.5. The SMILES string of the molecule is CCCC[C@H](C(=O)C(=O)Nc1ccccc1CC)C(=O)C(C)C. The van der Waals surface area contributed by atoms with Crippen molar-refractivity contribution in [2.24, 2.45) is 11.8 Å². The highest BCUT2D eigenvalue weighted by Gasteiger charge is 2.32. The summed E-state index contributed by atoms with van der Waals surface area (Å²) in [6.45, 7) is 7.51. The van der Waals surface area contributed by atoms with E-state index in [1.165, 1.54) is 0 Å². The summed E-state index contributed by atoms with van der Waals surface area (Å²) in [6, 6.07) is 7.39. The summed E-state index contributed by atoms with van der Waals surface area (Å²) in [5, 5.41) is 2.67. The zero-order chi connectivity index (χ0) is 17.4. The van der Waals surface area contributed by atoms with Crippen LogP contribution < -0.4 is 5.32 Å². The lowest BCUT2D eigenvalue weighted by molar-refractivity contribution is -0.142. The normalized spacial score (nSPS) is 12.0. The second kappa shape index (κ2) is 9.23. The van der Waals surface area contributed by atoms with Gasteiger partial charge in [0, 0.05) is 11.6 Å². The number of hydrogen-bond donors (Lipinski definition) is 1. The summed E-state index contributed by atoms with van der Waals surface area (Å²) in [4.78, 5) is 37.0. The van der Waals surface area contributed by atoms with Crippen LogP contribution in [0, 0.1) is 11.8 Å². The van der Waals surface area contributed by atoms with Crippen molar-refractivity contribution < 1.29 is 14.4 Å². The van der Waals surface area contributed by atoms with Crippen LogP contribution in [0.2, 0.25) is 0 Å². The predicted octanol–water partition coefficient (Wildman–Crippen LogP) is 3.79. The third kappa shape index (κ3) is 5.31. The van der Waals surface area contributed by atoms with Gasteiger partial charge in [-0.2, -0.15) is 0 Å². The van der Waals surface area contributed by atoms with Crippen molar-refractivity contribution in [1.82, 2.24) is 0 Å². The van der Waals surface area contributed by atoms with E-state index in [0.29, 0.717) is 12.1 Å². The van der Waals surface area contributed by atoms with Crippen LogP contribution in [0.3, 0.4) is 0 Å². The van der Waals surface area contributed by atoms with E-state index in [1.54, 1.807) is 19.9 Å². The van der Waals surface area contributed by atoms with Crippen molar-refractivity contribution in [1.29, 1.82) is 0 Å². The number of nitrogens with one attached hydrogen (secondary N) is 1. The van der Waals surface area contributed by atoms with Crippen molar-refractivity contribution in [3.8, 4) is 0 Å². The van der Waals surface area contributed by atoms with Crippen LogP contribution in [0.4, 0.5) is 5.69 Å². The Hall–Kier alpha value is -1.97. The maximum absolute atomic E-state index is 12.5. The molecule has 0 saturated heterocycles. The maximum Gasteiger partial charge on any atom is 0.292 e. The first-order chi connectivity index (χ1) is 10.9. The van der Waals surface area contributed by atoms with Crippen LogP contribution in [0.25, 0.3) is 0 Å². The molecule has 1 N–H and O–H groups in total. The second-order valence-electron chi connectivity index (χ2n) is 6.08. The molecule has 0 bridgehead atoms. The van der Waals surface area contributed by atoms with Crippen molar-refractivity contribution in [3.05, 3.63) is 29.8 Å². The molecule has 0 aromatic heterocycles. The van der Waals surface area contributed by atoms with Crippen LogP contribution in [-0.4, -0.2) is 17.5 Å². The highest BCUT2D eigenvalue weighted by Crippen LogP contribution is 2.19. The summed E-state index contributed by atoms with van der Waals surface area (Å²) in [7, 11) is 0. The number of carbonyl (C=O) groups excluding carboxylic acids is 3. The first kappa shape index (κ1) is 19.1. The molecule has 1 atom stereocenters. The molecule has 0 saturated carbocycles. The van der Waals surface area contributed by atoms with Gasteiger partial charge in [-0.05, 0) is 24.5 Å². The summed E-state index contributed by atoms with van der Waals surface area (Å²) >= 11 is 0. The number of carbonyl (C=O) groups is 3. The van der Waals surface area contributed by atoms with Gasteiger partial charge in [-0.25, -0.2) is 0 Å². The van der Waals surface area contributed by atoms with Crippen LogP contribution >= 0.6 is 0 Å². The third-order valence-electron chi connectivity index (χ3n) is 3.95. The Labute approximate surface area is 138 Å².